The van der Waals surface area contributed by atoms with Crippen molar-refractivity contribution in [2.24, 2.45) is 17.3 Å². The maximum Gasteiger partial charge on any atom is 0.165 e. The molecule has 7 atom stereocenters. The van der Waals surface area contributed by atoms with Crippen LogP contribution >= 0.6 is 0 Å². The molecule has 0 amide bonds. The first-order valence-corrected chi connectivity index (χ1v) is 14.4. The highest BCUT2D eigenvalue weighted by molar-refractivity contribution is 5.63. The molecule has 1 N–H and O–H groups in total. The van der Waals surface area contributed by atoms with Crippen molar-refractivity contribution in [1.29, 1.82) is 0 Å². The van der Waals surface area contributed by atoms with Gasteiger partial charge in [0.25, 0.3) is 0 Å². The zero-order valence-electron chi connectivity index (χ0n) is 22.1. The standard InChI is InChI=1S/C32H39NO4/c1-35-25-11-10-22-17-26-30-12-13-32(36-2,23(18-30)24(34)16-20-6-4-3-5-7-20)29-31(30,27(22)28(25)37-29)14-15-33(26)19-21-8-9-21/h3-7,10-11,21,23-24,26,29,34H,8-9,12-19H2,1-2H3/t23-,24-,26-,29-,30-,31+,32-/m1/s1. The van der Waals surface area contributed by atoms with Crippen LogP contribution in [0.15, 0.2) is 42.5 Å². The fourth-order valence-electron chi connectivity index (χ4n) is 10.1. The molecular weight excluding hydrogens is 462 g/mol. The fourth-order valence-corrected chi connectivity index (χ4v) is 10.1. The Kier molecular flexibility index (Phi) is 4.78. The van der Waals surface area contributed by atoms with Crippen LogP contribution in [0.4, 0.5) is 0 Å². The maximum absolute atomic E-state index is 11.9. The number of piperidine rings is 1. The van der Waals surface area contributed by atoms with E-state index in [0.29, 0.717) is 12.5 Å². The van der Waals surface area contributed by atoms with Gasteiger partial charge in [0.15, 0.2) is 11.5 Å². The molecule has 1 saturated heterocycles. The smallest absolute Gasteiger partial charge is 0.165 e. The Morgan fingerprint density at radius 2 is 1.92 bits per heavy atom. The molecule has 5 fully saturated rings. The van der Waals surface area contributed by atoms with E-state index in [0.717, 1.165) is 56.1 Å². The van der Waals surface area contributed by atoms with Gasteiger partial charge in [0, 0.05) is 42.0 Å². The molecule has 5 nitrogen and oxygen atoms in total. The number of benzene rings is 2. The Morgan fingerprint density at radius 1 is 1.08 bits per heavy atom. The largest absolute Gasteiger partial charge is 0.493 e. The van der Waals surface area contributed by atoms with Crippen molar-refractivity contribution >= 4 is 0 Å². The summed E-state index contributed by atoms with van der Waals surface area (Å²) in [6.07, 6.45) is 8.18. The normalized spacial score (nSPS) is 39.7. The van der Waals surface area contributed by atoms with Gasteiger partial charge >= 0.3 is 0 Å². The van der Waals surface area contributed by atoms with Gasteiger partial charge in [-0.2, -0.15) is 0 Å². The number of fused-ring (bicyclic) bond motifs is 2. The molecule has 4 bridgehead atoms. The van der Waals surface area contributed by atoms with Gasteiger partial charge in [-0.1, -0.05) is 36.4 Å². The number of nitrogens with zero attached hydrogens (tertiary/aromatic N) is 1. The number of aliphatic hydroxyl groups is 1. The number of hydrogen-bond donors (Lipinski definition) is 1. The van der Waals surface area contributed by atoms with E-state index < -0.39 is 11.7 Å². The van der Waals surface area contributed by atoms with Gasteiger partial charge in [0.2, 0.25) is 0 Å². The third-order valence-electron chi connectivity index (χ3n) is 11.7. The molecule has 2 heterocycles. The van der Waals surface area contributed by atoms with E-state index in [1.165, 1.54) is 36.1 Å². The zero-order chi connectivity index (χ0) is 25.0. The lowest BCUT2D eigenvalue weighted by Gasteiger charge is -2.74. The minimum atomic E-state index is -0.502. The molecule has 196 valence electrons. The van der Waals surface area contributed by atoms with Crippen LogP contribution in [0.5, 0.6) is 11.5 Å². The number of aliphatic hydroxyl groups excluding tert-OH is 1. The minimum Gasteiger partial charge on any atom is -0.493 e. The molecule has 0 radical (unpaired) electrons. The number of ether oxygens (including phenoxy) is 3. The fraction of sp³-hybridized carbons (Fsp3) is 0.625. The summed E-state index contributed by atoms with van der Waals surface area (Å²) in [6.45, 7) is 2.37. The van der Waals surface area contributed by atoms with Crippen molar-refractivity contribution in [3.63, 3.8) is 0 Å². The molecule has 5 heteroatoms. The Labute approximate surface area is 220 Å². The first kappa shape index (κ1) is 22.9. The van der Waals surface area contributed by atoms with Crippen LogP contribution in [0, 0.1) is 17.3 Å². The number of methoxy groups -OCH3 is 2. The van der Waals surface area contributed by atoms with Gasteiger partial charge in [-0.3, -0.25) is 4.90 Å². The molecule has 4 saturated carbocycles. The lowest BCUT2D eigenvalue weighted by atomic mass is 9.34. The summed E-state index contributed by atoms with van der Waals surface area (Å²) in [5, 5.41) is 11.9. The third-order valence-corrected chi connectivity index (χ3v) is 11.7. The molecule has 2 aliphatic heterocycles. The summed E-state index contributed by atoms with van der Waals surface area (Å²) in [7, 11) is 3.62. The van der Waals surface area contributed by atoms with Gasteiger partial charge < -0.3 is 19.3 Å². The van der Waals surface area contributed by atoms with E-state index in [2.05, 4.69) is 41.3 Å². The van der Waals surface area contributed by atoms with Crippen molar-refractivity contribution < 1.29 is 19.3 Å². The average Bonchev–Trinajstić information content (AvgIpc) is 3.67. The second kappa shape index (κ2) is 7.74. The number of rotatable bonds is 7. The molecule has 2 aromatic rings. The highest BCUT2D eigenvalue weighted by Gasteiger charge is 2.81. The van der Waals surface area contributed by atoms with Crippen LogP contribution < -0.4 is 9.47 Å². The highest BCUT2D eigenvalue weighted by atomic mass is 16.6. The topological polar surface area (TPSA) is 51.2 Å². The Balaban J connectivity index is 1.29. The minimum absolute atomic E-state index is 0.0369. The van der Waals surface area contributed by atoms with E-state index in [1.807, 2.05) is 13.2 Å². The van der Waals surface area contributed by atoms with Crippen molar-refractivity contribution in [1.82, 2.24) is 4.90 Å². The van der Waals surface area contributed by atoms with Crippen molar-refractivity contribution in [2.75, 3.05) is 27.3 Å². The second-order valence-electron chi connectivity index (χ2n) is 12.9. The molecule has 9 rings (SSSR count). The first-order chi connectivity index (χ1) is 18.1. The van der Waals surface area contributed by atoms with Gasteiger partial charge in [-0.05, 0) is 81.0 Å². The van der Waals surface area contributed by atoms with E-state index in [-0.39, 0.29) is 22.9 Å². The van der Waals surface area contributed by atoms with E-state index in [4.69, 9.17) is 14.2 Å². The molecule has 2 spiro atoms. The maximum atomic E-state index is 11.9. The van der Waals surface area contributed by atoms with Crippen LogP contribution in [0.3, 0.4) is 0 Å². The summed E-state index contributed by atoms with van der Waals surface area (Å²) in [5.74, 6) is 2.72. The SMILES string of the molecule is COc1ccc2c3c1O[C@H]1[C@@]4(OC)CC[C@@]5(C[C@@H]4[C@H](O)Cc4ccccc4)[C@@H](C2)N(CC2CC2)CC[C@]315. The van der Waals surface area contributed by atoms with Gasteiger partial charge in [0.1, 0.15) is 11.7 Å². The van der Waals surface area contributed by atoms with Crippen molar-refractivity contribution in [3.8, 4) is 11.5 Å². The monoisotopic (exact) mass is 501 g/mol. The lowest BCUT2D eigenvalue weighted by Crippen LogP contribution is -2.82. The molecular formula is C32H39NO4. The van der Waals surface area contributed by atoms with Gasteiger partial charge in [-0.25, -0.2) is 0 Å². The van der Waals surface area contributed by atoms with Gasteiger partial charge in [-0.15, -0.1) is 0 Å². The van der Waals surface area contributed by atoms with Crippen LogP contribution in [0.2, 0.25) is 0 Å². The molecule has 5 aliphatic carbocycles. The van der Waals surface area contributed by atoms with Crippen LogP contribution in [-0.4, -0.2) is 61.2 Å². The van der Waals surface area contributed by atoms with Crippen LogP contribution in [0.25, 0.3) is 0 Å². The third kappa shape index (κ3) is 2.76. The average molecular weight is 502 g/mol. The van der Waals surface area contributed by atoms with E-state index in [9.17, 15) is 5.11 Å². The quantitative estimate of drug-likeness (QED) is 0.605. The van der Waals surface area contributed by atoms with E-state index >= 15 is 0 Å². The molecule has 7 aliphatic rings. The van der Waals surface area contributed by atoms with Crippen LogP contribution in [0.1, 0.15) is 55.2 Å². The predicted molar refractivity (Wildman–Crippen MR) is 141 cm³/mol. The second-order valence-corrected chi connectivity index (χ2v) is 12.9. The van der Waals surface area contributed by atoms with E-state index in [1.54, 1.807) is 7.11 Å². The Hall–Kier alpha value is -2.08. The predicted octanol–water partition coefficient (Wildman–Crippen LogP) is 4.52. The lowest BCUT2D eigenvalue weighted by molar-refractivity contribution is -0.290. The van der Waals surface area contributed by atoms with Crippen LogP contribution in [-0.2, 0) is 23.0 Å². The zero-order valence-corrected chi connectivity index (χ0v) is 22.1. The molecule has 0 aromatic heterocycles. The number of hydrogen-bond acceptors (Lipinski definition) is 5. The molecule has 0 unspecified atom stereocenters. The summed E-state index contributed by atoms with van der Waals surface area (Å²) >= 11 is 0. The summed E-state index contributed by atoms with van der Waals surface area (Å²) < 4.78 is 19.6. The summed E-state index contributed by atoms with van der Waals surface area (Å²) in [4.78, 5) is 2.86. The number of likely N-dealkylation sites (tertiary alicyclic amines) is 1. The summed E-state index contributed by atoms with van der Waals surface area (Å²) in [5.41, 5.74) is 3.60. The molecule has 2 aromatic carbocycles. The van der Waals surface area contributed by atoms with Crippen molar-refractivity contribution in [3.05, 3.63) is 59.2 Å². The first-order valence-electron chi connectivity index (χ1n) is 14.4. The Morgan fingerprint density at radius 3 is 2.68 bits per heavy atom. The van der Waals surface area contributed by atoms with Gasteiger partial charge in [0.05, 0.1) is 13.2 Å². The van der Waals surface area contributed by atoms with Crippen molar-refractivity contribution in [2.45, 2.75) is 80.6 Å². The highest BCUT2D eigenvalue weighted by Crippen LogP contribution is 2.77. The Bertz CT molecular complexity index is 1230. The molecule has 37 heavy (non-hydrogen) atoms. The summed E-state index contributed by atoms with van der Waals surface area (Å²) in [6, 6.07) is 15.4.